The van der Waals surface area contributed by atoms with Crippen molar-refractivity contribution in [1.29, 1.82) is 0 Å². The van der Waals surface area contributed by atoms with E-state index in [1.807, 2.05) is 4.90 Å². The first-order valence-corrected chi connectivity index (χ1v) is 9.92. The second kappa shape index (κ2) is 7.02. The van der Waals surface area contributed by atoms with Gasteiger partial charge in [-0.2, -0.15) is 0 Å². The van der Waals surface area contributed by atoms with Gasteiger partial charge in [0.1, 0.15) is 23.7 Å². The van der Waals surface area contributed by atoms with Crippen molar-refractivity contribution in [3.05, 3.63) is 46.0 Å². The highest BCUT2D eigenvalue weighted by Gasteiger charge is 2.33. The van der Waals surface area contributed by atoms with Gasteiger partial charge in [-0.15, -0.1) is 0 Å². The van der Waals surface area contributed by atoms with Crippen LogP contribution in [0.15, 0.2) is 29.2 Å². The Kier molecular flexibility index (Phi) is 4.43. The zero-order chi connectivity index (χ0) is 21.0. The number of anilines is 1. The Morgan fingerprint density at radius 3 is 2.67 bits per heavy atom. The molecule has 9 heteroatoms. The number of aromatic nitrogens is 2. The fraction of sp³-hybridized carbons (Fsp3) is 0.381. The third-order valence-electron chi connectivity index (χ3n) is 5.74. The van der Waals surface area contributed by atoms with Gasteiger partial charge in [0.25, 0.3) is 0 Å². The van der Waals surface area contributed by atoms with E-state index in [0.29, 0.717) is 41.8 Å². The van der Waals surface area contributed by atoms with Crippen molar-refractivity contribution in [3.63, 3.8) is 0 Å². The topological polar surface area (TPSA) is 87.5 Å². The highest BCUT2D eigenvalue weighted by molar-refractivity contribution is 5.96. The minimum Gasteiger partial charge on any atom is -0.477 e. The molecular weight excluding hydrogens is 394 g/mol. The van der Waals surface area contributed by atoms with E-state index >= 15 is 0 Å². The molecule has 1 aromatic carbocycles. The molecule has 0 spiro atoms. The van der Waals surface area contributed by atoms with E-state index in [0.717, 1.165) is 6.20 Å². The van der Waals surface area contributed by atoms with Crippen LogP contribution in [0.1, 0.15) is 23.2 Å². The molecule has 0 unspecified atom stereocenters. The maximum absolute atomic E-state index is 14.8. The van der Waals surface area contributed by atoms with Crippen LogP contribution in [0.25, 0.3) is 21.9 Å². The molecule has 2 N–H and O–H groups in total. The zero-order valence-electron chi connectivity index (χ0n) is 16.1. The van der Waals surface area contributed by atoms with Gasteiger partial charge >= 0.3 is 5.97 Å². The van der Waals surface area contributed by atoms with E-state index in [1.54, 1.807) is 6.07 Å². The SMILES string of the molecule is O=C(O)c1cn(CCF)c2nc3cc(N4CC(NC5CC5)C4)c(F)cc3cc2c1=O. The monoisotopic (exact) mass is 414 g/mol. The molecule has 2 aliphatic rings. The molecule has 3 heterocycles. The molecule has 7 nitrogen and oxygen atoms in total. The van der Waals surface area contributed by atoms with Crippen LogP contribution in [0.3, 0.4) is 0 Å². The van der Waals surface area contributed by atoms with Crippen LogP contribution in [0.2, 0.25) is 0 Å². The number of fused-ring (bicyclic) bond motifs is 2. The van der Waals surface area contributed by atoms with E-state index in [1.165, 1.54) is 29.5 Å². The van der Waals surface area contributed by atoms with Gasteiger partial charge < -0.3 is 19.9 Å². The number of nitrogens with one attached hydrogen (secondary N) is 1. The molecule has 1 aliphatic carbocycles. The van der Waals surface area contributed by atoms with Crippen LogP contribution in [0.4, 0.5) is 14.5 Å². The van der Waals surface area contributed by atoms with Crippen molar-refractivity contribution in [2.75, 3.05) is 24.7 Å². The highest BCUT2D eigenvalue weighted by atomic mass is 19.1. The molecule has 3 aromatic rings. The number of hydrogen-bond donors (Lipinski definition) is 2. The lowest BCUT2D eigenvalue weighted by Gasteiger charge is -2.41. The smallest absolute Gasteiger partial charge is 0.341 e. The summed E-state index contributed by atoms with van der Waals surface area (Å²) in [5.41, 5.74) is -0.103. The summed E-state index contributed by atoms with van der Waals surface area (Å²) in [4.78, 5) is 30.4. The van der Waals surface area contributed by atoms with E-state index < -0.39 is 29.5 Å². The summed E-state index contributed by atoms with van der Waals surface area (Å²) in [6.07, 6.45) is 3.50. The number of rotatable bonds is 6. The molecular formula is C21H20F2N4O3. The summed E-state index contributed by atoms with van der Waals surface area (Å²) < 4.78 is 29.1. The van der Waals surface area contributed by atoms with Crippen LogP contribution < -0.4 is 15.6 Å². The van der Waals surface area contributed by atoms with Gasteiger partial charge in [0.2, 0.25) is 5.43 Å². The third-order valence-corrected chi connectivity index (χ3v) is 5.74. The second-order valence-corrected chi connectivity index (χ2v) is 7.96. The predicted molar refractivity (Wildman–Crippen MR) is 109 cm³/mol. The number of aryl methyl sites for hydroxylation is 1. The van der Waals surface area contributed by atoms with E-state index in [-0.39, 0.29) is 17.6 Å². The third kappa shape index (κ3) is 3.19. The van der Waals surface area contributed by atoms with Crippen LogP contribution in [-0.2, 0) is 6.54 Å². The number of carbonyl (C=O) groups is 1. The Morgan fingerprint density at radius 2 is 2.00 bits per heavy atom. The Balaban J connectivity index is 1.59. The van der Waals surface area contributed by atoms with Gasteiger partial charge in [-0.3, -0.25) is 4.79 Å². The molecule has 1 aliphatic heterocycles. The van der Waals surface area contributed by atoms with Gasteiger partial charge in [0, 0.05) is 36.8 Å². The van der Waals surface area contributed by atoms with Crippen LogP contribution in [-0.4, -0.2) is 52.5 Å². The number of halogens is 2. The molecule has 1 saturated carbocycles. The zero-order valence-corrected chi connectivity index (χ0v) is 16.1. The Morgan fingerprint density at radius 1 is 1.23 bits per heavy atom. The van der Waals surface area contributed by atoms with Gasteiger partial charge in [-0.25, -0.2) is 18.6 Å². The normalized spacial score (nSPS) is 16.9. The standard InChI is InChI=1S/C21H20F2N4O3/c22-3-4-26-10-15(21(29)30)19(28)14-5-11-6-16(23)18(7-17(11)25-20(14)26)27-8-13(9-27)24-12-1-2-12/h5-7,10,12-13,24H,1-4,8-9H2,(H,29,30). The lowest BCUT2D eigenvalue weighted by Crippen LogP contribution is -2.58. The number of carboxylic acids is 1. The first kappa shape index (κ1) is 18.9. The summed E-state index contributed by atoms with van der Waals surface area (Å²) in [6, 6.07) is 5.32. The van der Waals surface area contributed by atoms with Gasteiger partial charge in [0.05, 0.1) is 23.1 Å². The molecule has 5 rings (SSSR count). The Hall–Kier alpha value is -3.07. The second-order valence-electron chi connectivity index (χ2n) is 7.96. The lowest BCUT2D eigenvalue weighted by molar-refractivity contribution is 0.0694. The molecule has 156 valence electrons. The largest absolute Gasteiger partial charge is 0.477 e. The summed E-state index contributed by atoms with van der Waals surface area (Å²) in [7, 11) is 0. The Labute approximate surface area is 169 Å². The summed E-state index contributed by atoms with van der Waals surface area (Å²) >= 11 is 0. The molecule has 0 amide bonds. The molecule has 0 radical (unpaired) electrons. The highest BCUT2D eigenvalue weighted by Crippen LogP contribution is 2.31. The number of carboxylic acid groups (broad SMARTS) is 1. The summed E-state index contributed by atoms with van der Waals surface area (Å²) in [5, 5.41) is 13.2. The van der Waals surface area contributed by atoms with Crippen LogP contribution >= 0.6 is 0 Å². The lowest BCUT2D eigenvalue weighted by atomic mass is 10.1. The maximum Gasteiger partial charge on any atom is 0.341 e. The first-order valence-electron chi connectivity index (χ1n) is 9.92. The van der Waals surface area contributed by atoms with Gasteiger partial charge in [-0.05, 0) is 31.0 Å². The van der Waals surface area contributed by atoms with Crippen molar-refractivity contribution >= 4 is 33.6 Å². The minimum absolute atomic E-state index is 0.0284. The number of benzene rings is 1. The molecule has 30 heavy (non-hydrogen) atoms. The van der Waals surface area contributed by atoms with Crippen LogP contribution in [0, 0.1) is 5.82 Å². The van der Waals surface area contributed by atoms with E-state index in [2.05, 4.69) is 10.3 Å². The number of alkyl halides is 1. The summed E-state index contributed by atoms with van der Waals surface area (Å²) in [6.45, 7) is 0.543. The van der Waals surface area contributed by atoms with E-state index in [9.17, 15) is 23.5 Å². The van der Waals surface area contributed by atoms with E-state index in [4.69, 9.17) is 0 Å². The molecule has 2 aromatic heterocycles. The average Bonchev–Trinajstić information content (AvgIpc) is 3.49. The number of nitrogens with zero attached hydrogens (tertiary/aromatic N) is 3. The van der Waals surface area contributed by atoms with Crippen molar-refractivity contribution in [1.82, 2.24) is 14.9 Å². The average molecular weight is 414 g/mol. The molecule has 1 saturated heterocycles. The maximum atomic E-state index is 14.8. The van der Waals surface area contributed by atoms with Crippen molar-refractivity contribution in [2.45, 2.75) is 31.5 Å². The Bertz CT molecular complexity index is 1230. The van der Waals surface area contributed by atoms with Gasteiger partial charge in [0.15, 0.2) is 0 Å². The molecule has 0 atom stereocenters. The number of pyridine rings is 2. The number of hydrogen-bond acceptors (Lipinski definition) is 5. The molecule has 0 bridgehead atoms. The van der Waals surface area contributed by atoms with Gasteiger partial charge in [-0.1, -0.05) is 0 Å². The fourth-order valence-corrected chi connectivity index (χ4v) is 4.00. The van der Waals surface area contributed by atoms with Crippen molar-refractivity contribution < 1.29 is 18.7 Å². The summed E-state index contributed by atoms with van der Waals surface area (Å²) in [5.74, 6) is -1.82. The first-order chi connectivity index (χ1) is 14.4. The fourth-order valence-electron chi connectivity index (χ4n) is 4.00. The van der Waals surface area contributed by atoms with Crippen molar-refractivity contribution in [2.24, 2.45) is 0 Å². The van der Waals surface area contributed by atoms with Crippen LogP contribution in [0.5, 0.6) is 0 Å². The molecule has 2 fully saturated rings. The minimum atomic E-state index is -1.40. The quantitative estimate of drug-likeness (QED) is 0.602. The van der Waals surface area contributed by atoms with Crippen molar-refractivity contribution in [3.8, 4) is 0 Å². The predicted octanol–water partition coefficient (Wildman–Crippen LogP) is 2.30. The number of aromatic carboxylic acids is 1.